The SMILES string of the molecule is COC(=O)C1(N)CCCc2cc(C)ccc21. The van der Waals surface area contributed by atoms with Crippen LogP contribution >= 0.6 is 0 Å². The van der Waals surface area contributed by atoms with Crippen molar-refractivity contribution >= 4 is 5.97 Å². The molecular formula is C13H17NO2. The Labute approximate surface area is 95.6 Å². The minimum absolute atomic E-state index is 0.336. The van der Waals surface area contributed by atoms with E-state index in [9.17, 15) is 4.79 Å². The minimum atomic E-state index is -0.948. The van der Waals surface area contributed by atoms with E-state index < -0.39 is 5.54 Å². The topological polar surface area (TPSA) is 52.3 Å². The summed E-state index contributed by atoms with van der Waals surface area (Å²) in [4.78, 5) is 11.8. The van der Waals surface area contributed by atoms with Crippen LogP contribution in [0, 0.1) is 6.92 Å². The van der Waals surface area contributed by atoms with Gasteiger partial charge in [-0.15, -0.1) is 0 Å². The van der Waals surface area contributed by atoms with Crippen molar-refractivity contribution in [3.05, 3.63) is 34.9 Å². The molecule has 0 aliphatic heterocycles. The number of hydrogen-bond acceptors (Lipinski definition) is 3. The van der Waals surface area contributed by atoms with Gasteiger partial charge < -0.3 is 10.5 Å². The smallest absolute Gasteiger partial charge is 0.330 e. The highest BCUT2D eigenvalue weighted by molar-refractivity contribution is 5.83. The molecule has 86 valence electrons. The zero-order valence-electron chi connectivity index (χ0n) is 9.75. The second kappa shape index (κ2) is 3.91. The lowest BCUT2D eigenvalue weighted by Gasteiger charge is -2.33. The average Bonchev–Trinajstić information content (AvgIpc) is 2.27. The fraction of sp³-hybridized carbons (Fsp3) is 0.462. The number of ether oxygens (including phenoxy) is 1. The van der Waals surface area contributed by atoms with E-state index in [1.165, 1.54) is 18.2 Å². The summed E-state index contributed by atoms with van der Waals surface area (Å²) in [5.74, 6) is -0.336. The Hall–Kier alpha value is -1.35. The molecule has 0 heterocycles. The molecule has 1 aromatic rings. The van der Waals surface area contributed by atoms with Gasteiger partial charge in [0, 0.05) is 0 Å². The van der Waals surface area contributed by atoms with Crippen LogP contribution in [0.1, 0.15) is 29.5 Å². The highest BCUT2D eigenvalue weighted by Crippen LogP contribution is 2.34. The largest absolute Gasteiger partial charge is 0.467 e. The number of aryl methyl sites for hydroxylation is 2. The van der Waals surface area contributed by atoms with Gasteiger partial charge in [-0.05, 0) is 37.3 Å². The summed E-state index contributed by atoms with van der Waals surface area (Å²) < 4.78 is 4.82. The van der Waals surface area contributed by atoms with Crippen LogP contribution in [0.15, 0.2) is 18.2 Å². The molecule has 0 radical (unpaired) electrons. The predicted molar refractivity (Wildman–Crippen MR) is 62.0 cm³/mol. The zero-order chi connectivity index (χ0) is 11.8. The van der Waals surface area contributed by atoms with Gasteiger partial charge in [0.25, 0.3) is 0 Å². The van der Waals surface area contributed by atoms with E-state index in [-0.39, 0.29) is 5.97 Å². The van der Waals surface area contributed by atoms with E-state index in [4.69, 9.17) is 10.5 Å². The number of carbonyl (C=O) groups is 1. The number of benzene rings is 1. The maximum atomic E-state index is 11.8. The van der Waals surface area contributed by atoms with Gasteiger partial charge >= 0.3 is 5.97 Å². The molecule has 3 nitrogen and oxygen atoms in total. The summed E-state index contributed by atoms with van der Waals surface area (Å²) in [6.07, 6.45) is 2.59. The van der Waals surface area contributed by atoms with Gasteiger partial charge in [-0.1, -0.05) is 23.8 Å². The number of fused-ring (bicyclic) bond motifs is 1. The highest BCUT2D eigenvalue weighted by Gasteiger charge is 2.40. The molecule has 0 fully saturated rings. The first-order valence-electron chi connectivity index (χ1n) is 5.55. The van der Waals surface area contributed by atoms with Crippen LogP contribution in [0.3, 0.4) is 0 Å². The van der Waals surface area contributed by atoms with Crippen LogP contribution in [0.5, 0.6) is 0 Å². The summed E-state index contributed by atoms with van der Waals surface area (Å²) in [5, 5.41) is 0. The molecule has 1 aromatic carbocycles. The van der Waals surface area contributed by atoms with Crippen molar-refractivity contribution in [3.8, 4) is 0 Å². The number of hydrogen-bond donors (Lipinski definition) is 1. The molecule has 0 amide bonds. The average molecular weight is 219 g/mol. The Kier molecular flexibility index (Phi) is 2.72. The molecule has 1 aliphatic carbocycles. The fourth-order valence-corrected chi connectivity index (χ4v) is 2.45. The van der Waals surface area contributed by atoms with Crippen molar-refractivity contribution in [3.63, 3.8) is 0 Å². The van der Waals surface area contributed by atoms with Crippen LogP contribution in [-0.2, 0) is 21.5 Å². The summed E-state index contributed by atoms with van der Waals surface area (Å²) >= 11 is 0. The van der Waals surface area contributed by atoms with E-state index >= 15 is 0 Å². The van der Waals surface area contributed by atoms with E-state index in [1.807, 2.05) is 19.1 Å². The van der Waals surface area contributed by atoms with Crippen LogP contribution in [0.2, 0.25) is 0 Å². The molecule has 0 aromatic heterocycles. The van der Waals surface area contributed by atoms with E-state index in [0.29, 0.717) is 6.42 Å². The lowest BCUT2D eigenvalue weighted by molar-refractivity contribution is -0.148. The standard InChI is InChI=1S/C13H17NO2/c1-9-5-6-11-10(8-9)4-3-7-13(11,14)12(15)16-2/h5-6,8H,3-4,7,14H2,1-2H3. The van der Waals surface area contributed by atoms with Crippen LogP contribution in [0.4, 0.5) is 0 Å². The van der Waals surface area contributed by atoms with E-state index in [2.05, 4.69) is 6.07 Å². The lowest BCUT2D eigenvalue weighted by atomic mass is 9.77. The molecule has 0 saturated carbocycles. The molecule has 1 unspecified atom stereocenters. The Morgan fingerprint density at radius 3 is 2.94 bits per heavy atom. The summed E-state index contributed by atoms with van der Waals surface area (Å²) in [6.45, 7) is 2.05. The fourth-order valence-electron chi connectivity index (χ4n) is 2.45. The van der Waals surface area contributed by atoms with Gasteiger partial charge in [-0.2, -0.15) is 0 Å². The van der Waals surface area contributed by atoms with Crippen LogP contribution in [-0.4, -0.2) is 13.1 Å². The molecular weight excluding hydrogens is 202 g/mol. The third kappa shape index (κ3) is 1.61. The highest BCUT2D eigenvalue weighted by atomic mass is 16.5. The first kappa shape index (κ1) is 11.1. The summed E-state index contributed by atoms with van der Waals surface area (Å²) in [6, 6.07) is 6.06. The van der Waals surface area contributed by atoms with Crippen molar-refractivity contribution in [2.75, 3.05) is 7.11 Å². The maximum absolute atomic E-state index is 11.8. The van der Waals surface area contributed by atoms with Gasteiger partial charge in [0.15, 0.2) is 0 Å². The summed E-state index contributed by atoms with van der Waals surface area (Å²) in [5.41, 5.74) is 8.56. The first-order chi connectivity index (χ1) is 7.58. The van der Waals surface area contributed by atoms with Crippen molar-refractivity contribution in [1.82, 2.24) is 0 Å². The molecule has 2 N–H and O–H groups in total. The second-order valence-corrected chi connectivity index (χ2v) is 4.48. The monoisotopic (exact) mass is 219 g/mol. The molecule has 0 spiro atoms. The van der Waals surface area contributed by atoms with Crippen molar-refractivity contribution in [1.29, 1.82) is 0 Å². The lowest BCUT2D eigenvalue weighted by Crippen LogP contribution is -2.48. The Bertz CT molecular complexity index is 428. The third-order valence-corrected chi connectivity index (χ3v) is 3.31. The van der Waals surface area contributed by atoms with Crippen molar-refractivity contribution in [2.45, 2.75) is 31.7 Å². The molecule has 16 heavy (non-hydrogen) atoms. The predicted octanol–water partition coefficient (Wildman–Crippen LogP) is 1.66. The number of rotatable bonds is 1. The molecule has 2 rings (SSSR count). The van der Waals surface area contributed by atoms with Gasteiger partial charge in [-0.25, -0.2) is 4.79 Å². The first-order valence-corrected chi connectivity index (χ1v) is 5.55. The van der Waals surface area contributed by atoms with Crippen molar-refractivity contribution in [2.24, 2.45) is 5.73 Å². The minimum Gasteiger partial charge on any atom is -0.467 e. The van der Waals surface area contributed by atoms with Gasteiger partial charge in [0.1, 0.15) is 5.54 Å². The number of nitrogens with two attached hydrogens (primary N) is 1. The second-order valence-electron chi connectivity index (χ2n) is 4.48. The van der Waals surface area contributed by atoms with Crippen molar-refractivity contribution < 1.29 is 9.53 Å². The zero-order valence-corrected chi connectivity index (χ0v) is 9.75. The van der Waals surface area contributed by atoms with Gasteiger partial charge in [0.2, 0.25) is 0 Å². The van der Waals surface area contributed by atoms with E-state index in [1.54, 1.807) is 0 Å². The number of esters is 1. The number of carbonyl (C=O) groups excluding carboxylic acids is 1. The molecule has 1 atom stereocenters. The molecule has 1 aliphatic rings. The third-order valence-electron chi connectivity index (χ3n) is 3.31. The van der Waals surface area contributed by atoms with E-state index in [0.717, 1.165) is 18.4 Å². The van der Waals surface area contributed by atoms with Crippen LogP contribution in [0.25, 0.3) is 0 Å². The quantitative estimate of drug-likeness (QED) is 0.731. The molecule has 3 heteroatoms. The van der Waals surface area contributed by atoms with Crippen LogP contribution < -0.4 is 5.73 Å². The summed E-state index contributed by atoms with van der Waals surface area (Å²) in [7, 11) is 1.39. The Balaban J connectivity index is 2.51. The molecule has 0 saturated heterocycles. The normalized spacial score (nSPS) is 23.7. The Morgan fingerprint density at radius 1 is 1.50 bits per heavy atom. The Morgan fingerprint density at radius 2 is 2.25 bits per heavy atom. The van der Waals surface area contributed by atoms with Gasteiger partial charge in [0.05, 0.1) is 7.11 Å². The maximum Gasteiger partial charge on any atom is 0.330 e. The molecule has 0 bridgehead atoms. The van der Waals surface area contributed by atoms with Gasteiger partial charge in [-0.3, -0.25) is 0 Å². The number of methoxy groups -OCH3 is 1.